The number of nitrogens with one attached hydrogen (secondary N) is 1. The van der Waals surface area contributed by atoms with E-state index < -0.39 is 0 Å². The van der Waals surface area contributed by atoms with Crippen molar-refractivity contribution >= 4 is 39.9 Å². The SMILES string of the molecule is COCCc1nsc(NCc2ccc(Cl)cc2Cl)n1. The minimum Gasteiger partial charge on any atom is -0.384 e. The lowest BCUT2D eigenvalue weighted by molar-refractivity contribution is 0.201. The van der Waals surface area contributed by atoms with Crippen molar-refractivity contribution in [1.29, 1.82) is 0 Å². The number of halogens is 2. The van der Waals surface area contributed by atoms with Crippen molar-refractivity contribution in [3.05, 3.63) is 39.6 Å². The van der Waals surface area contributed by atoms with Gasteiger partial charge in [0.15, 0.2) is 0 Å². The fourth-order valence-corrected chi connectivity index (χ4v) is 2.54. The molecule has 0 radical (unpaired) electrons. The van der Waals surface area contributed by atoms with Crippen LogP contribution in [0.2, 0.25) is 10.0 Å². The van der Waals surface area contributed by atoms with Gasteiger partial charge in [-0.05, 0) is 17.7 Å². The Morgan fingerprint density at radius 1 is 1.37 bits per heavy atom. The zero-order valence-electron chi connectivity index (χ0n) is 10.3. The molecule has 0 aliphatic rings. The fraction of sp³-hybridized carbons (Fsp3) is 0.333. The van der Waals surface area contributed by atoms with Gasteiger partial charge >= 0.3 is 0 Å². The van der Waals surface area contributed by atoms with Crippen LogP contribution in [0.15, 0.2) is 18.2 Å². The van der Waals surface area contributed by atoms with Gasteiger partial charge in [0.1, 0.15) is 5.82 Å². The number of rotatable bonds is 6. The van der Waals surface area contributed by atoms with Gasteiger partial charge in [-0.15, -0.1) is 0 Å². The van der Waals surface area contributed by atoms with E-state index in [4.69, 9.17) is 27.9 Å². The first kappa shape index (κ1) is 14.5. The van der Waals surface area contributed by atoms with Gasteiger partial charge in [0, 0.05) is 41.7 Å². The van der Waals surface area contributed by atoms with Crippen LogP contribution in [0.5, 0.6) is 0 Å². The molecule has 0 unspecified atom stereocenters. The first-order chi connectivity index (χ1) is 9.19. The van der Waals surface area contributed by atoms with E-state index in [2.05, 4.69) is 14.7 Å². The Bertz CT molecular complexity index is 548. The molecule has 0 aliphatic heterocycles. The van der Waals surface area contributed by atoms with E-state index in [9.17, 15) is 0 Å². The number of benzene rings is 1. The van der Waals surface area contributed by atoms with Crippen LogP contribution >= 0.6 is 34.7 Å². The molecule has 19 heavy (non-hydrogen) atoms. The molecule has 0 spiro atoms. The van der Waals surface area contributed by atoms with E-state index in [0.717, 1.165) is 22.9 Å². The molecular weight excluding hydrogens is 305 g/mol. The Morgan fingerprint density at radius 2 is 2.21 bits per heavy atom. The van der Waals surface area contributed by atoms with Crippen molar-refractivity contribution in [2.45, 2.75) is 13.0 Å². The summed E-state index contributed by atoms with van der Waals surface area (Å²) in [7, 11) is 1.66. The fourth-order valence-electron chi connectivity index (χ4n) is 1.46. The second kappa shape index (κ2) is 7.05. The summed E-state index contributed by atoms with van der Waals surface area (Å²) in [6, 6.07) is 5.43. The smallest absolute Gasteiger partial charge is 0.202 e. The van der Waals surface area contributed by atoms with Crippen LogP contribution in [0.25, 0.3) is 0 Å². The van der Waals surface area contributed by atoms with Crippen LogP contribution in [-0.4, -0.2) is 23.1 Å². The number of aromatic nitrogens is 2. The molecule has 102 valence electrons. The molecule has 2 rings (SSSR count). The van der Waals surface area contributed by atoms with E-state index in [1.54, 1.807) is 13.2 Å². The van der Waals surface area contributed by atoms with Gasteiger partial charge in [-0.2, -0.15) is 4.37 Å². The van der Waals surface area contributed by atoms with E-state index in [0.29, 0.717) is 23.2 Å². The molecule has 7 heteroatoms. The zero-order valence-corrected chi connectivity index (χ0v) is 12.6. The predicted octanol–water partition coefficient (Wildman–Crippen LogP) is 3.65. The maximum atomic E-state index is 6.10. The number of hydrogen-bond donors (Lipinski definition) is 1. The van der Waals surface area contributed by atoms with Gasteiger partial charge in [0.05, 0.1) is 6.61 Å². The Labute approximate surface area is 125 Å². The van der Waals surface area contributed by atoms with Crippen LogP contribution in [0.4, 0.5) is 5.13 Å². The summed E-state index contributed by atoms with van der Waals surface area (Å²) in [6.07, 6.45) is 0.719. The van der Waals surface area contributed by atoms with Crippen molar-refractivity contribution in [2.75, 3.05) is 19.0 Å². The van der Waals surface area contributed by atoms with Crippen molar-refractivity contribution < 1.29 is 4.74 Å². The highest BCUT2D eigenvalue weighted by Gasteiger charge is 2.05. The minimum atomic E-state index is 0.592. The van der Waals surface area contributed by atoms with E-state index in [-0.39, 0.29) is 0 Å². The lowest BCUT2D eigenvalue weighted by atomic mass is 10.2. The monoisotopic (exact) mass is 317 g/mol. The molecule has 0 aliphatic carbocycles. The third-order valence-electron chi connectivity index (χ3n) is 2.44. The van der Waals surface area contributed by atoms with Crippen LogP contribution < -0.4 is 5.32 Å². The quantitative estimate of drug-likeness (QED) is 0.883. The van der Waals surface area contributed by atoms with Crippen molar-refractivity contribution in [3.63, 3.8) is 0 Å². The molecule has 0 saturated heterocycles. The summed E-state index contributed by atoms with van der Waals surface area (Å²) in [5, 5.41) is 5.24. The van der Waals surface area contributed by atoms with Gasteiger partial charge in [-0.1, -0.05) is 29.3 Å². The highest BCUT2D eigenvalue weighted by Crippen LogP contribution is 2.22. The van der Waals surface area contributed by atoms with Gasteiger partial charge in [-0.25, -0.2) is 4.98 Å². The molecule has 0 amide bonds. The number of nitrogens with zero attached hydrogens (tertiary/aromatic N) is 2. The van der Waals surface area contributed by atoms with Crippen LogP contribution in [0.3, 0.4) is 0 Å². The van der Waals surface area contributed by atoms with Crippen molar-refractivity contribution in [1.82, 2.24) is 9.36 Å². The second-order valence-electron chi connectivity index (χ2n) is 3.85. The topological polar surface area (TPSA) is 47.0 Å². The number of methoxy groups -OCH3 is 1. The first-order valence-electron chi connectivity index (χ1n) is 5.68. The Kier molecular flexibility index (Phi) is 5.39. The van der Waals surface area contributed by atoms with Gasteiger partial charge in [0.25, 0.3) is 0 Å². The van der Waals surface area contributed by atoms with Crippen LogP contribution in [-0.2, 0) is 17.7 Å². The highest BCUT2D eigenvalue weighted by atomic mass is 35.5. The van der Waals surface area contributed by atoms with Crippen molar-refractivity contribution in [3.8, 4) is 0 Å². The van der Waals surface area contributed by atoms with Crippen molar-refractivity contribution in [2.24, 2.45) is 0 Å². The average molecular weight is 318 g/mol. The molecule has 2 aromatic rings. The summed E-state index contributed by atoms with van der Waals surface area (Å²) in [6.45, 7) is 1.22. The zero-order chi connectivity index (χ0) is 13.7. The third kappa shape index (κ3) is 4.31. The van der Waals surface area contributed by atoms with Crippen LogP contribution in [0, 0.1) is 0 Å². The Balaban J connectivity index is 1.92. The molecule has 0 bridgehead atoms. The van der Waals surface area contributed by atoms with Gasteiger partial charge in [-0.3, -0.25) is 0 Å². The summed E-state index contributed by atoms with van der Waals surface area (Å²) < 4.78 is 9.22. The van der Waals surface area contributed by atoms with Crippen LogP contribution in [0.1, 0.15) is 11.4 Å². The highest BCUT2D eigenvalue weighted by molar-refractivity contribution is 7.09. The third-order valence-corrected chi connectivity index (χ3v) is 3.74. The molecule has 0 atom stereocenters. The molecule has 0 fully saturated rings. The second-order valence-corrected chi connectivity index (χ2v) is 5.44. The number of anilines is 1. The van der Waals surface area contributed by atoms with E-state index in [1.165, 1.54) is 11.5 Å². The van der Waals surface area contributed by atoms with Gasteiger partial charge < -0.3 is 10.1 Å². The Morgan fingerprint density at radius 3 is 2.95 bits per heavy atom. The van der Waals surface area contributed by atoms with Gasteiger partial charge in [0.2, 0.25) is 5.13 Å². The van der Waals surface area contributed by atoms with E-state index >= 15 is 0 Å². The lowest BCUT2D eigenvalue weighted by Gasteiger charge is -2.05. The summed E-state index contributed by atoms with van der Waals surface area (Å²) in [5.41, 5.74) is 0.972. The predicted molar refractivity (Wildman–Crippen MR) is 79.3 cm³/mol. The molecule has 1 N–H and O–H groups in total. The standard InChI is InChI=1S/C12H13Cl2N3OS/c1-18-5-4-11-16-12(19-17-11)15-7-8-2-3-9(13)6-10(8)14/h2-3,6H,4-5,7H2,1H3,(H,15,16,17). The Hall–Kier alpha value is -0.880. The largest absolute Gasteiger partial charge is 0.384 e. The number of hydrogen-bond acceptors (Lipinski definition) is 5. The molecular formula is C12H13Cl2N3OS. The molecule has 1 aromatic heterocycles. The minimum absolute atomic E-state index is 0.592. The maximum Gasteiger partial charge on any atom is 0.202 e. The lowest BCUT2D eigenvalue weighted by Crippen LogP contribution is -2.01. The molecule has 1 heterocycles. The number of ether oxygens (including phenoxy) is 1. The van der Waals surface area contributed by atoms with E-state index in [1.807, 2.05) is 12.1 Å². The maximum absolute atomic E-state index is 6.10. The molecule has 4 nitrogen and oxygen atoms in total. The average Bonchev–Trinajstić information content (AvgIpc) is 2.83. The summed E-state index contributed by atoms with van der Waals surface area (Å²) >= 11 is 13.3. The molecule has 0 saturated carbocycles. The first-order valence-corrected chi connectivity index (χ1v) is 7.21. The molecule has 1 aromatic carbocycles. The summed E-state index contributed by atoms with van der Waals surface area (Å²) in [4.78, 5) is 4.36. The normalized spacial score (nSPS) is 10.7. The summed E-state index contributed by atoms with van der Waals surface area (Å²) in [5.74, 6) is 0.788.